The Kier molecular flexibility index (Phi) is 10.1. The Morgan fingerprint density at radius 2 is 1.79 bits per heavy atom. The number of nitrogens with two attached hydrogens (primary N) is 1. The first-order valence-electron chi connectivity index (χ1n) is 9.78. The number of aromatic amines is 1. The number of unbranched alkanes of at least 4 members (excludes halogenated alkanes) is 5. The minimum atomic E-state index is -5.08. The van der Waals surface area contributed by atoms with Crippen LogP contribution in [0.5, 0.6) is 0 Å². The zero-order valence-electron chi connectivity index (χ0n) is 16.8. The van der Waals surface area contributed by atoms with E-state index in [4.69, 9.17) is 15.6 Å². The molecule has 29 heavy (non-hydrogen) atoms. The van der Waals surface area contributed by atoms with E-state index < -0.39 is 24.3 Å². The lowest BCUT2D eigenvalue weighted by Crippen LogP contribution is -2.24. The number of rotatable bonds is 9. The van der Waals surface area contributed by atoms with E-state index in [0.29, 0.717) is 5.82 Å². The number of halogens is 3. The minimum Gasteiger partial charge on any atom is -0.475 e. The SMILES string of the molecule is CCCCCCCCc1ccc2nc([C@@H](N)[C@@H](C)O)[nH]c2c1.O=C(O)C(F)(F)F. The van der Waals surface area contributed by atoms with Gasteiger partial charge in [0.15, 0.2) is 0 Å². The highest BCUT2D eigenvalue weighted by Crippen LogP contribution is 2.19. The molecule has 2 atom stereocenters. The lowest BCUT2D eigenvalue weighted by molar-refractivity contribution is -0.192. The Balaban J connectivity index is 0.000000516. The van der Waals surface area contributed by atoms with Crippen molar-refractivity contribution in [2.45, 2.75) is 77.1 Å². The summed E-state index contributed by atoms with van der Waals surface area (Å²) in [4.78, 5) is 16.6. The smallest absolute Gasteiger partial charge is 0.475 e. The molecule has 0 fully saturated rings. The van der Waals surface area contributed by atoms with Gasteiger partial charge in [0.2, 0.25) is 0 Å². The fraction of sp³-hybridized carbons (Fsp3) is 0.600. The molecule has 5 N–H and O–H groups in total. The van der Waals surface area contributed by atoms with Gasteiger partial charge in [0, 0.05) is 0 Å². The summed E-state index contributed by atoms with van der Waals surface area (Å²) in [6.07, 6.45) is 3.31. The first kappa shape index (κ1) is 24.9. The molecule has 0 saturated heterocycles. The number of carbonyl (C=O) groups is 1. The zero-order valence-corrected chi connectivity index (χ0v) is 16.8. The maximum atomic E-state index is 10.6. The van der Waals surface area contributed by atoms with Gasteiger partial charge in [-0.15, -0.1) is 0 Å². The van der Waals surface area contributed by atoms with Crippen molar-refractivity contribution in [2.75, 3.05) is 0 Å². The molecule has 0 aliphatic carbocycles. The topological polar surface area (TPSA) is 112 Å². The number of hydrogen-bond donors (Lipinski definition) is 4. The molecule has 0 saturated carbocycles. The van der Waals surface area contributed by atoms with Crippen molar-refractivity contribution in [3.05, 3.63) is 29.6 Å². The second-order valence-corrected chi connectivity index (χ2v) is 7.06. The molecular weight excluding hydrogens is 387 g/mol. The van der Waals surface area contributed by atoms with Crippen molar-refractivity contribution in [2.24, 2.45) is 5.73 Å². The van der Waals surface area contributed by atoms with Crippen LogP contribution in [-0.4, -0.2) is 38.4 Å². The number of carboxylic acid groups (broad SMARTS) is 1. The van der Waals surface area contributed by atoms with Gasteiger partial charge in [-0.3, -0.25) is 0 Å². The third-order valence-corrected chi connectivity index (χ3v) is 4.46. The molecule has 9 heteroatoms. The molecule has 1 aromatic heterocycles. The molecule has 0 spiro atoms. The summed E-state index contributed by atoms with van der Waals surface area (Å²) in [5, 5.41) is 16.7. The predicted molar refractivity (Wildman–Crippen MR) is 105 cm³/mol. The van der Waals surface area contributed by atoms with Gasteiger partial charge >= 0.3 is 12.1 Å². The lowest BCUT2D eigenvalue weighted by Gasteiger charge is -2.10. The highest BCUT2D eigenvalue weighted by atomic mass is 19.4. The summed E-state index contributed by atoms with van der Waals surface area (Å²) in [7, 11) is 0. The number of aliphatic hydroxyl groups excluding tert-OH is 1. The fourth-order valence-corrected chi connectivity index (χ4v) is 2.73. The molecule has 0 aliphatic heterocycles. The number of alkyl halides is 3. The number of fused-ring (bicyclic) bond motifs is 1. The Morgan fingerprint density at radius 3 is 2.34 bits per heavy atom. The standard InChI is InChI=1S/C18H29N3O.C2HF3O2/c1-3-4-5-6-7-8-9-14-10-11-15-16(12-14)21-18(20-15)17(19)13(2)22;3-2(4,5)1(6)7/h10-13,17,22H,3-9,19H2,1-2H3,(H,20,21);(H,6,7)/t13-,17+;/m1./s1. The van der Waals surface area contributed by atoms with Gasteiger partial charge in [-0.2, -0.15) is 13.2 Å². The van der Waals surface area contributed by atoms with Crippen molar-refractivity contribution in [3.63, 3.8) is 0 Å². The van der Waals surface area contributed by atoms with Gasteiger partial charge in [-0.05, 0) is 37.5 Å². The molecule has 6 nitrogen and oxygen atoms in total. The maximum Gasteiger partial charge on any atom is 0.490 e. The quantitative estimate of drug-likeness (QED) is 0.450. The van der Waals surface area contributed by atoms with Crippen LogP contribution in [0.4, 0.5) is 13.2 Å². The van der Waals surface area contributed by atoms with Gasteiger partial charge in [-0.1, -0.05) is 45.1 Å². The van der Waals surface area contributed by atoms with Crippen LogP contribution in [0, 0.1) is 0 Å². The monoisotopic (exact) mass is 417 g/mol. The van der Waals surface area contributed by atoms with Crippen molar-refractivity contribution in [1.82, 2.24) is 9.97 Å². The second-order valence-electron chi connectivity index (χ2n) is 7.06. The second kappa shape index (κ2) is 11.8. The number of carboxylic acids is 1. The molecule has 1 aromatic carbocycles. The summed E-state index contributed by atoms with van der Waals surface area (Å²) in [6.45, 7) is 3.93. The van der Waals surface area contributed by atoms with Gasteiger partial charge in [0.05, 0.1) is 23.2 Å². The van der Waals surface area contributed by atoms with E-state index in [-0.39, 0.29) is 0 Å². The van der Waals surface area contributed by atoms with Gasteiger partial charge in [0.1, 0.15) is 5.82 Å². The third-order valence-electron chi connectivity index (χ3n) is 4.46. The normalized spacial score (nSPS) is 13.6. The maximum absolute atomic E-state index is 10.6. The van der Waals surface area contributed by atoms with Crippen LogP contribution in [-0.2, 0) is 11.2 Å². The van der Waals surface area contributed by atoms with Crippen LogP contribution in [0.15, 0.2) is 18.2 Å². The molecule has 164 valence electrons. The largest absolute Gasteiger partial charge is 0.490 e. The summed E-state index contributed by atoms with van der Waals surface area (Å²) in [5.41, 5.74) is 9.19. The van der Waals surface area contributed by atoms with Crippen LogP contribution >= 0.6 is 0 Å². The lowest BCUT2D eigenvalue weighted by atomic mass is 10.0. The molecule has 0 aliphatic rings. The molecule has 1 heterocycles. The van der Waals surface area contributed by atoms with Crippen molar-refractivity contribution >= 4 is 17.0 Å². The van der Waals surface area contributed by atoms with E-state index >= 15 is 0 Å². The zero-order chi connectivity index (χ0) is 22.0. The van der Waals surface area contributed by atoms with E-state index in [1.54, 1.807) is 6.92 Å². The number of aliphatic carboxylic acids is 1. The van der Waals surface area contributed by atoms with E-state index in [2.05, 4.69) is 29.0 Å². The van der Waals surface area contributed by atoms with Crippen LogP contribution in [0.1, 0.15) is 69.8 Å². The molecule has 2 rings (SSSR count). The number of H-pyrrole nitrogens is 1. The van der Waals surface area contributed by atoms with E-state index in [0.717, 1.165) is 17.5 Å². The molecule has 0 amide bonds. The van der Waals surface area contributed by atoms with E-state index in [1.165, 1.54) is 44.1 Å². The number of aryl methyl sites for hydroxylation is 1. The Labute approximate surface area is 168 Å². The average molecular weight is 417 g/mol. The van der Waals surface area contributed by atoms with Crippen LogP contribution < -0.4 is 5.73 Å². The molecule has 2 aromatic rings. The summed E-state index contributed by atoms with van der Waals surface area (Å²) >= 11 is 0. The molecule has 0 radical (unpaired) electrons. The summed E-state index contributed by atoms with van der Waals surface area (Å²) < 4.78 is 31.7. The number of aliphatic hydroxyl groups is 1. The highest BCUT2D eigenvalue weighted by molar-refractivity contribution is 5.76. The predicted octanol–water partition coefficient (Wildman–Crippen LogP) is 4.48. The molecule has 0 bridgehead atoms. The highest BCUT2D eigenvalue weighted by Gasteiger charge is 2.38. The van der Waals surface area contributed by atoms with Gasteiger partial charge in [-0.25, -0.2) is 9.78 Å². The number of hydrogen-bond acceptors (Lipinski definition) is 4. The first-order chi connectivity index (χ1) is 13.6. The number of imidazole rings is 1. The fourth-order valence-electron chi connectivity index (χ4n) is 2.73. The number of nitrogens with zero attached hydrogens (tertiary/aromatic N) is 1. The number of aromatic nitrogens is 2. The van der Waals surface area contributed by atoms with Crippen molar-refractivity contribution < 1.29 is 28.2 Å². The van der Waals surface area contributed by atoms with Crippen molar-refractivity contribution in [1.29, 1.82) is 0 Å². The first-order valence-corrected chi connectivity index (χ1v) is 9.78. The number of benzene rings is 1. The molecular formula is C20H30F3N3O3. The number of nitrogens with one attached hydrogen (secondary N) is 1. The average Bonchev–Trinajstić information content (AvgIpc) is 3.06. The van der Waals surface area contributed by atoms with Crippen LogP contribution in [0.2, 0.25) is 0 Å². The van der Waals surface area contributed by atoms with Crippen molar-refractivity contribution in [3.8, 4) is 0 Å². The Morgan fingerprint density at radius 1 is 1.21 bits per heavy atom. The Bertz CT molecular complexity index is 760. The van der Waals surface area contributed by atoms with E-state index in [1.807, 2.05) is 6.07 Å². The third kappa shape index (κ3) is 8.82. The minimum absolute atomic E-state index is 0.464. The van der Waals surface area contributed by atoms with E-state index in [9.17, 15) is 18.3 Å². The van der Waals surface area contributed by atoms with Crippen LogP contribution in [0.25, 0.3) is 11.0 Å². The van der Waals surface area contributed by atoms with Gasteiger partial charge in [0.25, 0.3) is 0 Å². The van der Waals surface area contributed by atoms with Gasteiger partial charge < -0.3 is 20.9 Å². The van der Waals surface area contributed by atoms with Crippen LogP contribution in [0.3, 0.4) is 0 Å². The Hall–Kier alpha value is -2.13. The summed E-state index contributed by atoms with van der Waals surface area (Å²) in [6, 6.07) is 5.88. The summed E-state index contributed by atoms with van der Waals surface area (Å²) in [5.74, 6) is -2.10. The molecule has 0 unspecified atom stereocenters.